The van der Waals surface area contributed by atoms with E-state index in [2.05, 4.69) is 46.4 Å². The smallest absolute Gasteiger partial charge is 0.0455 e. The van der Waals surface area contributed by atoms with Crippen molar-refractivity contribution >= 4 is 33.2 Å². The quantitative estimate of drug-likeness (QED) is 0.804. The molecule has 0 aromatic heterocycles. The Bertz CT molecular complexity index is 566. The second-order valence-corrected chi connectivity index (χ2v) is 5.61. The minimum absolute atomic E-state index is 0.792. The molecule has 94 valence electrons. The average molecular weight is 325 g/mol. The Balaban J connectivity index is 2.11. The van der Waals surface area contributed by atoms with Gasteiger partial charge in [0.1, 0.15) is 0 Å². The summed E-state index contributed by atoms with van der Waals surface area (Å²) in [6, 6.07) is 12.3. The second-order valence-electron chi connectivity index (χ2n) is 4.35. The first kappa shape index (κ1) is 13.4. The predicted molar refractivity (Wildman–Crippen MR) is 82.4 cm³/mol. The van der Waals surface area contributed by atoms with Gasteiger partial charge < -0.3 is 5.32 Å². The van der Waals surface area contributed by atoms with Crippen LogP contribution in [-0.4, -0.2) is 0 Å². The second kappa shape index (κ2) is 5.77. The summed E-state index contributed by atoms with van der Waals surface area (Å²) in [5.41, 5.74) is 4.66. The van der Waals surface area contributed by atoms with Crippen molar-refractivity contribution in [2.75, 3.05) is 5.32 Å². The Morgan fingerprint density at radius 1 is 1.17 bits per heavy atom. The highest BCUT2D eigenvalue weighted by Crippen LogP contribution is 2.24. The molecule has 0 radical (unpaired) electrons. The zero-order valence-electron chi connectivity index (χ0n) is 10.4. The van der Waals surface area contributed by atoms with E-state index >= 15 is 0 Å². The third kappa shape index (κ3) is 3.06. The van der Waals surface area contributed by atoms with E-state index in [-0.39, 0.29) is 0 Å². The van der Waals surface area contributed by atoms with Gasteiger partial charge in [0.15, 0.2) is 0 Å². The van der Waals surface area contributed by atoms with Crippen LogP contribution in [0.3, 0.4) is 0 Å². The predicted octanol–water partition coefficient (Wildman–Crippen LogP) is 5.33. The largest absolute Gasteiger partial charge is 0.381 e. The Morgan fingerprint density at radius 3 is 2.67 bits per heavy atom. The number of anilines is 1. The maximum absolute atomic E-state index is 6.09. The van der Waals surface area contributed by atoms with Crippen LogP contribution >= 0.6 is 27.5 Å². The third-order valence-electron chi connectivity index (χ3n) is 2.99. The van der Waals surface area contributed by atoms with Gasteiger partial charge in [-0.15, -0.1) is 0 Å². The molecule has 0 spiro atoms. The molecule has 2 rings (SSSR count). The Kier molecular flexibility index (Phi) is 4.31. The highest BCUT2D eigenvalue weighted by atomic mass is 79.9. The lowest BCUT2D eigenvalue weighted by molar-refractivity contribution is 1.13. The first-order valence-corrected chi connectivity index (χ1v) is 6.99. The minimum atomic E-state index is 0.792. The molecular formula is C15H15BrClN. The number of halogens is 2. The van der Waals surface area contributed by atoms with Crippen molar-refractivity contribution in [3.05, 3.63) is 62.6 Å². The van der Waals surface area contributed by atoms with E-state index in [1.54, 1.807) is 0 Å². The molecule has 3 heteroatoms. The van der Waals surface area contributed by atoms with E-state index in [4.69, 9.17) is 11.6 Å². The van der Waals surface area contributed by atoms with Gasteiger partial charge in [-0.25, -0.2) is 0 Å². The fourth-order valence-electron chi connectivity index (χ4n) is 1.74. The van der Waals surface area contributed by atoms with Crippen molar-refractivity contribution in [2.24, 2.45) is 0 Å². The highest BCUT2D eigenvalue weighted by Gasteiger charge is 2.02. The van der Waals surface area contributed by atoms with E-state index in [9.17, 15) is 0 Å². The minimum Gasteiger partial charge on any atom is -0.381 e. The number of benzene rings is 2. The monoisotopic (exact) mass is 323 g/mol. The van der Waals surface area contributed by atoms with E-state index < -0.39 is 0 Å². The fraction of sp³-hybridized carbons (Fsp3) is 0.200. The molecule has 0 atom stereocenters. The number of rotatable bonds is 3. The molecule has 0 aliphatic carbocycles. The van der Waals surface area contributed by atoms with Crippen LogP contribution in [0.4, 0.5) is 5.69 Å². The van der Waals surface area contributed by atoms with Crippen LogP contribution in [0, 0.1) is 13.8 Å². The summed E-state index contributed by atoms with van der Waals surface area (Å²) in [6.45, 7) is 4.90. The van der Waals surface area contributed by atoms with Crippen molar-refractivity contribution in [1.82, 2.24) is 0 Å². The zero-order chi connectivity index (χ0) is 13.1. The van der Waals surface area contributed by atoms with Gasteiger partial charge in [-0.2, -0.15) is 0 Å². The summed E-state index contributed by atoms with van der Waals surface area (Å²) >= 11 is 9.64. The van der Waals surface area contributed by atoms with Crippen molar-refractivity contribution in [1.29, 1.82) is 0 Å². The van der Waals surface area contributed by atoms with E-state index in [0.717, 1.165) is 27.3 Å². The lowest BCUT2D eigenvalue weighted by atomic mass is 10.1. The van der Waals surface area contributed by atoms with Crippen molar-refractivity contribution in [3.8, 4) is 0 Å². The Hall–Kier alpha value is -0.990. The molecule has 2 aromatic carbocycles. The van der Waals surface area contributed by atoms with Gasteiger partial charge in [0.2, 0.25) is 0 Å². The zero-order valence-corrected chi connectivity index (χ0v) is 12.8. The molecule has 0 heterocycles. The number of hydrogen-bond donors (Lipinski definition) is 1. The molecule has 0 amide bonds. The van der Waals surface area contributed by atoms with E-state index in [1.807, 2.05) is 25.1 Å². The maximum atomic E-state index is 6.09. The SMILES string of the molecule is Cc1ccc(CNc2cccc(Cl)c2C)cc1Br. The van der Waals surface area contributed by atoms with Crippen molar-refractivity contribution < 1.29 is 0 Å². The molecule has 0 aliphatic rings. The molecule has 1 N–H and O–H groups in total. The summed E-state index contributed by atoms with van der Waals surface area (Å²) in [5, 5.41) is 4.21. The normalized spacial score (nSPS) is 10.4. The molecule has 0 fully saturated rings. The molecular weight excluding hydrogens is 310 g/mol. The number of nitrogens with one attached hydrogen (secondary N) is 1. The Morgan fingerprint density at radius 2 is 1.94 bits per heavy atom. The van der Waals surface area contributed by atoms with Gasteiger partial charge in [0.25, 0.3) is 0 Å². The number of hydrogen-bond acceptors (Lipinski definition) is 1. The number of aryl methyl sites for hydroxylation is 1. The van der Waals surface area contributed by atoms with Gasteiger partial charge in [-0.3, -0.25) is 0 Å². The van der Waals surface area contributed by atoms with Gasteiger partial charge >= 0.3 is 0 Å². The van der Waals surface area contributed by atoms with Gasteiger partial charge in [0, 0.05) is 21.7 Å². The third-order valence-corrected chi connectivity index (χ3v) is 4.25. The van der Waals surface area contributed by atoms with Crippen LogP contribution in [0.25, 0.3) is 0 Å². The molecule has 0 unspecified atom stereocenters. The lowest BCUT2D eigenvalue weighted by Crippen LogP contribution is -2.01. The molecule has 0 saturated heterocycles. The van der Waals surface area contributed by atoms with Crippen molar-refractivity contribution in [3.63, 3.8) is 0 Å². The summed E-state index contributed by atoms with van der Waals surface area (Å²) in [4.78, 5) is 0. The van der Waals surface area contributed by atoms with Gasteiger partial charge in [-0.1, -0.05) is 45.7 Å². The van der Waals surface area contributed by atoms with Crippen molar-refractivity contribution in [2.45, 2.75) is 20.4 Å². The molecule has 0 aliphatic heterocycles. The van der Waals surface area contributed by atoms with Crippen LogP contribution in [0.15, 0.2) is 40.9 Å². The standard InChI is InChI=1S/C15H15BrClN/c1-10-6-7-12(8-13(10)16)9-18-15-5-3-4-14(17)11(15)2/h3-8,18H,9H2,1-2H3. The average Bonchev–Trinajstić information content (AvgIpc) is 2.35. The van der Waals surface area contributed by atoms with E-state index in [0.29, 0.717) is 0 Å². The summed E-state index contributed by atoms with van der Waals surface area (Å²) in [7, 11) is 0. The van der Waals surface area contributed by atoms with E-state index in [1.165, 1.54) is 11.1 Å². The summed E-state index contributed by atoms with van der Waals surface area (Å²) in [5.74, 6) is 0. The first-order valence-electron chi connectivity index (χ1n) is 5.82. The first-order chi connectivity index (χ1) is 8.58. The molecule has 18 heavy (non-hydrogen) atoms. The lowest BCUT2D eigenvalue weighted by Gasteiger charge is -2.11. The molecule has 0 saturated carbocycles. The van der Waals surface area contributed by atoms with Crippen LogP contribution < -0.4 is 5.32 Å². The fourth-order valence-corrected chi connectivity index (χ4v) is 2.34. The topological polar surface area (TPSA) is 12.0 Å². The van der Waals surface area contributed by atoms with Crippen LogP contribution in [-0.2, 0) is 6.54 Å². The highest BCUT2D eigenvalue weighted by molar-refractivity contribution is 9.10. The van der Waals surface area contributed by atoms with Crippen LogP contribution in [0.1, 0.15) is 16.7 Å². The van der Waals surface area contributed by atoms with Gasteiger partial charge in [-0.05, 0) is 48.7 Å². The summed E-state index contributed by atoms with van der Waals surface area (Å²) in [6.07, 6.45) is 0. The van der Waals surface area contributed by atoms with Crippen LogP contribution in [0.2, 0.25) is 5.02 Å². The molecule has 2 aromatic rings. The molecule has 0 bridgehead atoms. The van der Waals surface area contributed by atoms with Gasteiger partial charge in [0.05, 0.1) is 0 Å². The molecule has 1 nitrogen and oxygen atoms in total. The summed E-state index contributed by atoms with van der Waals surface area (Å²) < 4.78 is 1.14. The maximum Gasteiger partial charge on any atom is 0.0455 e. The van der Waals surface area contributed by atoms with Crippen LogP contribution in [0.5, 0.6) is 0 Å². The Labute approximate surface area is 121 Å².